The van der Waals surface area contributed by atoms with Gasteiger partial charge in [-0.3, -0.25) is 0 Å². The van der Waals surface area contributed by atoms with Gasteiger partial charge in [0.05, 0.1) is 6.10 Å². The molecule has 1 atom stereocenters. The Morgan fingerprint density at radius 2 is 2.12 bits per heavy atom. The molecule has 0 saturated heterocycles. The second kappa shape index (κ2) is 3.87. The second-order valence-electron chi connectivity index (χ2n) is 1.93. The van der Waals surface area contributed by atoms with E-state index in [1.165, 1.54) is 0 Å². The van der Waals surface area contributed by atoms with Crippen molar-refractivity contribution >= 4 is 0 Å². The molecule has 2 heteroatoms. The highest BCUT2D eigenvalue weighted by molar-refractivity contribution is 4.78. The van der Waals surface area contributed by atoms with Crippen LogP contribution in [-0.2, 0) is 0 Å². The fraction of sp³-hybridized carbons (Fsp3) is 0.833. The van der Waals surface area contributed by atoms with Crippen LogP contribution >= 0.6 is 0 Å². The summed E-state index contributed by atoms with van der Waals surface area (Å²) in [6.45, 7) is 3.69. The lowest BCUT2D eigenvalue weighted by Gasteiger charge is -2.11. The zero-order chi connectivity index (χ0) is 6.57. The third-order valence-corrected chi connectivity index (χ3v) is 1.20. The number of hydrogen-bond acceptors (Lipinski definition) is 2. The first-order valence-electron chi connectivity index (χ1n) is 2.87. The molecule has 0 aliphatic carbocycles. The number of aliphatic hydroxyl groups excluding tert-OH is 2. The van der Waals surface area contributed by atoms with Gasteiger partial charge in [-0.05, 0) is 6.42 Å². The van der Waals surface area contributed by atoms with Crippen molar-refractivity contribution in [2.45, 2.75) is 20.3 Å². The molecule has 0 aromatic carbocycles. The smallest absolute Gasteiger partial charge is 0.0981 e. The van der Waals surface area contributed by atoms with Crippen LogP contribution < -0.4 is 0 Å². The van der Waals surface area contributed by atoms with Crippen LogP contribution in [0.15, 0.2) is 0 Å². The molecule has 0 spiro atoms. The second-order valence-corrected chi connectivity index (χ2v) is 1.93. The summed E-state index contributed by atoms with van der Waals surface area (Å²) >= 11 is 0. The van der Waals surface area contributed by atoms with Crippen molar-refractivity contribution in [1.82, 2.24) is 0 Å². The summed E-state index contributed by atoms with van der Waals surface area (Å²) in [4.78, 5) is 0. The quantitative estimate of drug-likeness (QED) is 0.577. The minimum atomic E-state index is -0.0556. The predicted octanol–water partition coefficient (Wildman–Crippen LogP) is 0.929. The van der Waals surface area contributed by atoms with Crippen LogP contribution in [0.25, 0.3) is 0 Å². The number of aliphatic hydroxyl groups is 2. The summed E-state index contributed by atoms with van der Waals surface area (Å²) in [6.07, 6.45) is 1.02. The van der Waals surface area contributed by atoms with Crippen LogP contribution in [0.4, 0.5) is 0 Å². The van der Waals surface area contributed by atoms with E-state index < -0.39 is 0 Å². The van der Waals surface area contributed by atoms with Gasteiger partial charge in [-0.15, -0.1) is 0 Å². The normalized spacial score (nSPS) is 14.6. The van der Waals surface area contributed by atoms with Gasteiger partial charge in [0.2, 0.25) is 0 Å². The van der Waals surface area contributed by atoms with E-state index >= 15 is 0 Å². The molecule has 0 aliphatic heterocycles. The first kappa shape index (κ1) is 7.92. The maximum Gasteiger partial charge on any atom is 0.0981 e. The van der Waals surface area contributed by atoms with Gasteiger partial charge >= 0.3 is 0 Å². The largest absolute Gasteiger partial charge is 0.396 e. The van der Waals surface area contributed by atoms with Crippen molar-refractivity contribution in [2.75, 3.05) is 6.61 Å². The maximum atomic E-state index is 8.88. The molecule has 8 heavy (non-hydrogen) atoms. The Kier molecular flexibility index (Phi) is 3.83. The Bertz CT molecular complexity index is 46.5. The fourth-order valence-electron chi connectivity index (χ4n) is 0.454. The number of rotatable bonds is 3. The van der Waals surface area contributed by atoms with Gasteiger partial charge in [0.1, 0.15) is 0 Å². The predicted molar refractivity (Wildman–Crippen MR) is 31.7 cm³/mol. The first-order valence-corrected chi connectivity index (χ1v) is 2.87. The van der Waals surface area contributed by atoms with E-state index in [9.17, 15) is 0 Å². The van der Waals surface area contributed by atoms with Crippen LogP contribution in [0.2, 0.25) is 0 Å². The van der Waals surface area contributed by atoms with Crippen LogP contribution in [0.1, 0.15) is 20.3 Å². The lowest BCUT2D eigenvalue weighted by atomic mass is 10.0. The first-order chi connectivity index (χ1) is 3.72. The highest BCUT2D eigenvalue weighted by Gasteiger charge is 2.10. The van der Waals surface area contributed by atoms with Crippen LogP contribution in [0.3, 0.4) is 0 Å². The summed E-state index contributed by atoms with van der Waals surface area (Å²) < 4.78 is 0. The molecule has 0 aliphatic rings. The van der Waals surface area contributed by atoms with Crippen LogP contribution in [0, 0.1) is 12.0 Å². The van der Waals surface area contributed by atoms with Gasteiger partial charge < -0.3 is 10.2 Å². The zero-order valence-electron chi connectivity index (χ0n) is 5.39. The third kappa shape index (κ3) is 2.28. The van der Waals surface area contributed by atoms with Gasteiger partial charge in [0.25, 0.3) is 0 Å². The molecular weight excluding hydrogens is 104 g/mol. The Morgan fingerprint density at radius 1 is 1.62 bits per heavy atom. The van der Waals surface area contributed by atoms with Crippen molar-refractivity contribution in [2.24, 2.45) is 5.92 Å². The summed E-state index contributed by atoms with van der Waals surface area (Å²) in [7, 11) is 0. The number of hydrogen-bond donors (Lipinski definition) is 2. The summed E-state index contributed by atoms with van der Waals surface area (Å²) in [5.41, 5.74) is 0. The molecule has 0 aromatic rings. The van der Waals surface area contributed by atoms with E-state index in [0.717, 1.165) is 0 Å². The SMILES string of the molecule is CC[C](O)C(C)CO. The van der Waals surface area contributed by atoms with Crippen molar-refractivity contribution in [3.63, 3.8) is 0 Å². The van der Waals surface area contributed by atoms with Crippen molar-refractivity contribution < 1.29 is 10.2 Å². The van der Waals surface area contributed by atoms with Gasteiger partial charge in [-0.1, -0.05) is 13.8 Å². The molecule has 0 aromatic heterocycles. The van der Waals surface area contributed by atoms with Crippen LogP contribution in [0.5, 0.6) is 0 Å². The molecule has 2 nitrogen and oxygen atoms in total. The molecule has 0 saturated carbocycles. The zero-order valence-corrected chi connectivity index (χ0v) is 5.39. The van der Waals surface area contributed by atoms with Crippen molar-refractivity contribution in [3.05, 3.63) is 6.10 Å². The fourth-order valence-corrected chi connectivity index (χ4v) is 0.454. The minimum absolute atomic E-state index is 0.0413. The summed E-state index contributed by atoms with van der Waals surface area (Å²) in [6, 6.07) is 0. The average molecular weight is 117 g/mol. The van der Waals surface area contributed by atoms with E-state index in [-0.39, 0.29) is 12.5 Å². The maximum absolute atomic E-state index is 8.88. The Morgan fingerprint density at radius 3 is 2.25 bits per heavy atom. The monoisotopic (exact) mass is 117 g/mol. The summed E-state index contributed by atoms with van der Waals surface area (Å²) in [5, 5.41) is 17.3. The van der Waals surface area contributed by atoms with E-state index in [2.05, 4.69) is 0 Å². The lowest BCUT2D eigenvalue weighted by molar-refractivity contribution is 0.158. The Labute approximate surface area is 50.2 Å². The Balaban J connectivity index is 3.29. The van der Waals surface area contributed by atoms with Crippen molar-refractivity contribution in [1.29, 1.82) is 0 Å². The van der Waals surface area contributed by atoms with Crippen molar-refractivity contribution in [3.8, 4) is 0 Å². The minimum Gasteiger partial charge on any atom is -0.396 e. The standard InChI is InChI=1S/C6H13O2/c1-3-6(8)5(2)4-7/h5,7-8H,3-4H2,1-2H3. The Hall–Kier alpha value is -0.0800. The van der Waals surface area contributed by atoms with E-state index in [1.807, 2.05) is 6.92 Å². The molecule has 1 radical (unpaired) electrons. The topological polar surface area (TPSA) is 40.5 Å². The highest BCUT2D eigenvalue weighted by atomic mass is 16.3. The molecule has 49 valence electrons. The molecule has 1 unspecified atom stereocenters. The molecule has 0 heterocycles. The van der Waals surface area contributed by atoms with Gasteiger partial charge in [0, 0.05) is 12.5 Å². The lowest BCUT2D eigenvalue weighted by Crippen LogP contribution is -2.11. The summed E-state index contributed by atoms with van der Waals surface area (Å²) in [5.74, 6) is -0.0556. The average Bonchev–Trinajstić information content (AvgIpc) is 1.84. The third-order valence-electron chi connectivity index (χ3n) is 1.20. The van der Waals surface area contributed by atoms with Crippen LogP contribution in [-0.4, -0.2) is 16.8 Å². The molecule has 2 N–H and O–H groups in total. The van der Waals surface area contributed by atoms with E-state index in [0.29, 0.717) is 12.5 Å². The molecular formula is C6H13O2. The molecule has 0 rings (SSSR count). The van der Waals surface area contributed by atoms with Gasteiger partial charge in [-0.2, -0.15) is 0 Å². The molecule has 0 amide bonds. The van der Waals surface area contributed by atoms with E-state index in [4.69, 9.17) is 10.2 Å². The van der Waals surface area contributed by atoms with E-state index in [1.54, 1.807) is 6.92 Å². The molecule has 0 bridgehead atoms. The highest BCUT2D eigenvalue weighted by Crippen LogP contribution is 2.12. The van der Waals surface area contributed by atoms with Gasteiger partial charge in [0.15, 0.2) is 0 Å². The van der Waals surface area contributed by atoms with Gasteiger partial charge in [-0.25, -0.2) is 0 Å². The molecule has 0 fully saturated rings.